The van der Waals surface area contributed by atoms with Crippen molar-refractivity contribution in [2.75, 3.05) is 45.1 Å². The summed E-state index contributed by atoms with van der Waals surface area (Å²) in [6, 6.07) is 8.05. The molecule has 2 aliphatic rings. The third-order valence-electron chi connectivity index (χ3n) is 4.96. The molecule has 1 saturated heterocycles. The van der Waals surface area contributed by atoms with Crippen molar-refractivity contribution in [3.8, 4) is 0 Å². The van der Waals surface area contributed by atoms with E-state index in [1.165, 1.54) is 12.0 Å². The first-order valence-corrected chi connectivity index (χ1v) is 9.25. The second-order valence-corrected chi connectivity index (χ2v) is 7.05. The van der Waals surface area contributed by atoms with Gasteiger partial charge in [0.05, 0.1) is 0 Å². The molecule has 0 aromatic heterocycles. The lowest BCUT2D eigenvalue weighted by molar-refractivity contribution is -0.116. The van der Waals surface area contributed by atoms with Gasteiger partial charge in [-0.1, -0.05) is 18.2 Å². The van der Waals surface area contributed by atoms with Crippen LogP contribution in [0.3, 0.4) is 0 Å². The number of halogens is 1. The smallest absolute Gasteiger partial charge is 0.225 e. The van der Waals surface area contributed by atoms with Crippen molar-refractivity contribution < 1.29 is 4.79 Å². The van der Waals surface area contributed by atoms with Gasteiger partial charge in [-0.15, -0.1) is 24.0 Å². The number of likely N-dealkylation sites (tertiary alicyclic amines) is 1. The average molecular weight is 471 g/mol. The summed E-state index contributed by atoms with van der Waals surface area (Å²) in [6.45, 7) is 6.75. The Balaban J connectivity index is 0.00000243. The Morgan fingerprint density at radius 2 is 2.15 bits per heavy atom. The molecule has 1 aromatic carbocycles. The molecular weight excluding hydrogens is 441 g/mol. The predicted octanol–water partition coefficient (Wildman–Crippen LogP) is 2.24. The number of nitrogens with one attached hydrogen (secondary N) is 3. The number of guanidine groups is 1. The fourth-order valence-corrected chi connectivity index (χ4v) is 3.64. The molecule has 1 aromatic rings. The Morgan fingerprint density at radius 1 is 1.35 bits per heavy atom. The fourth-order valence-electron chi connectivity index (χ4n) is 3.64. The van der Waals surface area contributed by atoms with E-state index in [2.05, 4.69) is 40.9 Å². The van der Waals surface area contributed by atoms with E-state index < -0.39 is 0 Å². The van der Waals surface area contributed by atoms with Crippen LogP contribution >= 0.6 is 24.0 Å². The van der Waals surface area contributed by atoms with E-state index in [1.54, 1.807) is 0 Å². The monoisotopic (exact) mass is 471 g/mol. The molecule has 3 rings (SSSR count). The summed E-state index contributed by atoms with van der Waals surface area (Å²) in [5, 5.41) is 9.70. The van der Waals surface area contributed by atoms with E-state index in [9.17, 15) is 4.79 Å². The first kappa shape index (κ1) is 21.0. The van der Waals surface area contributed by atoms with Crippen molar-refractivity contribution in [3.05, 3.63) is 29.8 Å². The molecule has 2 unspecified atom stereocenters. The van der Waals surface area contributed by atoms with E-state index in [0.29, 0.717) is 18.9 Å². The molecule has 2 atom stereocenters. The fraction of sp³-hybridized carbons (Fsp3) is 0.579. The number of carbonyl (C=O) groups excluding carboxylic acids is 1. The highest BCUT2D eigenvalue weighted by atomic mass is 127. The minimum atomic E-state index is 0. The van der Waals surface area contributed by atoms with Gasteiger partial charge in [0.25, 0.3) is 0 Å². The number of fused-ring (bicyclic) bond motifs is 1. The number of nitrogens with zero attached hydrogens (tertiary/aromatic N) is 2. The molecule has 26 heavy (non-hydrogen) atoms. The topological polar surface area (TPSA) is 68.8 Å². The number of benzene rings is 1. The zero-order chi connectivity index (χ0) is 17.6. The summed E-state index contributed by atoms with van der Waals surface area (Å²) in [6.07, 6.45) is 1.73. The maximum absolute atomic E-state index is 11.9. The Hall–Kier alpha value is -1.35. The zero-order valence-corrected chi connectivity index (χ0v) is 18.0. The lowest BCUT2D eigenvalue weighted by Gasteiger charge is -2.26. The number of anilines is 1. The number of carbonyl (C=O) groups is 1. The van der Waals surface area contributed by atoms with Gasteiger partial charge in [0.1, 0.15) is 0 Å². The van der Waals surface area contributed by atoms with Crippen molar-refractivity contribution in [1.82, 2.24) is 15.5 Å². The molecule has 0 spiro atoms. The highest BCUT2D eigenvalue weighted by Gasteiger charge is 2.25. The molecule has 1 fully saturated rings. The number of hydrogen-bond donors (Lipinski definition) is 3. The second-order valence-electron chi connectivity index (χ2n) is 7.05. The van der Waals surface area contributed by atoms with Crippen LogP contribution in [0.15, 0.2) is 29.3 Å². The Morgan fingerprint density at radius 3 is 2.88 bits per heavy atom. The van der Waals surface area contributed by atoms with Gasteiger partial charge < -0.3 is 20.9 Å². The minimum Gasteiger partial charge on any atom is -0.357 e. The highest BCUT2D eigenvalue weighted by Crippen LogP contribution is 2.31. The molecule has 1 amide bonds. The average Bonchev–Trinajstić information content (AvgIpc) is 3.02. The third kappa shape index (κ3) is 5.57. The van der Waals surface area contributed by atoms with E-state index in [-0.39, 0.29) is 35.8 Å². The van der Waals surface area contributed by atoms with Crippen molar-refractivity contribution in [2.24, 2.45) is 10.9 Å². The zero-order valence-electron chi connectivity index (χ0n) is 15.6. The first-order valence-electron chi connectivity index (χ1n) is 9.25. The summed E-state index contributed by atoms with van der Waals surface area (Å²) in [4.78, 5) is 19.1. The third-order valence-corrected chi connectivity index (χ3v) is 4.96. The van der Waals surface area contributed by atoms with Gasteiger partial charge in [-0.2, -0.15) is 0 Å². The molecule has 0 radical (unpaired) electrons. The second kappa shape index (κ2) is 10.1. The lowest BCUT2D eigenvalue weighted by atomic mass is 9.90. The van der Waals surface area contributed by atoms with Crippen LogP contribution in [0, 0.1) is 5.92 Å². The SMILES string of the molecule is CCNC(=NCC1CCN(C)C1)NCC1CC(=O)Nc2ccccc21.I. The Bertz CT molecular complexity index is 636. The van der Waals surface area contributed by atoms with Gasteiger partial charge in [-0.25, -0.2) is 0 Å². The summed E-state index contributed by atoms with van der Waals surface area (Å²) in [5.74, 6) is 1.75. The maximum atomic E-state index is 11.9. The van der Waals surface area contributed by atoms with Crippen LogP contribution in [0.1, 0.15) is 31.2 Å². The van der Waals surface area contributed by atoms with E-state index in [1.807, 2.05) is 18.2 Å². The van der Waals surface area contributed by atoms with Crippen molar-refractivity contribution in [3.63, 3.8) is 0 Å². The number of para-hydroxylation sites is 1. The summed E-state index contributed by atoms with van der Waals surface area (Å²) in [7, 11) is 2.17. The minimum absolute atomic E-state index is 0. The van der Waals surface area contributed by atoms with Crippen LogP contribution < -0.4 is 16.0 Å². The van der Waals surface area contributed by atoms with Crippen molar-refractivity contribution in [2.45, 2.75) is 25.7 Å². The lowest BCUT2D eigenvalue weighted by Crippen LogP contribution is -2.41. The van der Waals surface area contributed by atoms with Crippen LogP contribution in [0.5, 0.6) is 0 Å². The Kier molecular flexibility index (Phi) is 8.15. The van der Waals surface area contributed by atoms with Gasteiger partial charge >= 0.3 is 0 Å². The summed E-state index contributed by atoms with van der Waals surface area (Å²) >= 11 is 0. The normalized spacial score (nSPS) is 23.0. The molecule has 0 bridgehead atoms. The largest absolute Gasteiger partial charge is 0.357 e. The number of hydrogen-bond acceptors (Lipinski definition) is 3. The molecule has 2 heterocycles. The number of rotatable bonds is 5. The van der Waals surface area contributed by atoms with Crippen LogP contribution in [0.2, 0.25) is 0 Å². The molecule has 3 N–H and O–H groups in total. The van der Waals surface area contributed by atoms with Gasteiger partial charge in [-0.3, -0.25) is 9.79 Å². The van der Waals surface area contributed by atoms with Crippen LogP contribution in [-0.2, 0) is 4.79 Å². The molecule has 7 heteroatoms. The van der Waals surface area contributed by atoms with E-state index in [0.717, 1.165) is 37.8 Å². The van der Waals surface area contributed by atoms with Gasteiger partial charge in [-0.05, 0) is 44.5 Å². The number of amides is 1. The molecule has 0 saturated carbocycles. The highest BCUT2D eigenvalue weighted by molar-refractivity contribution is 14.0. The maximum Gasteiger partial charge on any atom is 0.225 e. The first-order chi connectivity index (χ1) is 12.2. The molecule has 2 aliphatic heterocycles. The van der Waals surface area contributed by atoms with Crippen LogP contribution in [0.25, 0.3) is 0 Å². The van der Waals surface area contributed by atoms with Crippen LogP contribution in [-0.4, -0.2) is 56.5 Å². The Labute approximate surface area is 173 Å². The number of aliphatic imine (C=N–C) groups is 1. The summed E-state index contributed by atoms with van der Waals surface area (Å²) in [5.41, 5.74) is 2.13. The molecule has 0 aliphatic carbocycles. The quantitative estimate of drug-likeness (QED) is 0.350. The van der Waals surface area contributed by atoms with E-state index in [4.69, 9.17) is 4.99 Å². The summed E-state index contributed by atoms with van der Waals surface area (Å²) < 4.78 is 0. The van der Waals surface area contributed by atoms with Gasteiger partial charge in [0, 0.05) is 44.2 Å². The molecular formula is C19H30IN5O. The molecule has 144 valence electrons. The van der Waals surface area contributed by atoms with Crippen molar-refractivity contribution in [1.29, 1.82) is 0 Å². The van der Waals surface area contributed by atoms with Crippen LogP contribution in [0.4, 0.5) is 5.69 Å². The van der Waals surface area contributed by atoms with E-state index >= 15 is 0 Å². The predicted molar refractivity (Wildman–Crippen MR) is 117 cm³/mol. The standard InChI is InChI=1S/C19H29N5O.HI/c1-3-20-19(21-11-14-8-9-24(2)13-14)22-12-15-10-18(25)23-17-7-5-4-6-16(15)17;/h4-7,14-15H,3,8-13H2,1-2H3,(H,23,25)(H2,20,21,22);1H. The van der Waals surface area contributed by atoms with Crippen molar-refractivity contribution >= 4 is 41.5 Å². The van der Waals surface area contributed by atoms with Gasteiger partial charge in [0.15, 0.2) is 5.96 Å². The van der Waals surface area contributed by atoms with Gasteiger partial charge in [0.2, 0.25) is 5.91 Å². The molecule has 6 nitrogen and oxygen atoms in total.